The van der Waals surface area contributed by atoms with Crippen LogP contribution in [0.25, 0.3) is 0 Å². The van der Waals surface area contributed by atoms with Gasteiger partial charge in [0.2, 0.25) is 0 Å². The molecule has 2 rings (SSSR count). The number of Topliss-reactive ketones (excluding diaryl/α,β-unsaturated/α-hetero) is 1. The number of rotatable bonds is 2. The predicted molar refractivity (Wildman–Crippen MR) is 59.1 cm³/mol. The molecule has 1 aromatic rings. The lowest BCUT2D eigenvalue weighted by atomic mass is 10.0. The molecule has 0 radical (unpaired) electrons. The minimum atomic E-state index is 0.0676. The lowest BCUT2D eigenvalue weighted by Crippen LogP contribution is -2.07. The molecule has 2 nitrogen and oxygen atoms in total. The van der Waals surface area contributed by atoms with E-state index < -0.39 is 0 Å². The summed E-state index contributed by atoms with van der Waals surface area (Å²) in [5.74, 6) is 0.408. The summed E-state index contributed by atoms with van der Waals surface area (Å²) in [4.78, 5) is 11.9. The molecule has 1 aliphatic rings. The zero-order chi connectivity index (χ0) is 10.8. The molecule has 0 spiro atoms. The maximum absolute atomic E-state index is 11.9. The number of phenols is 1. The molecule has 0 aliphatic heterocycles. The zero-order valence-electron chi connectivity index (χ0n) is 8.73. The van der Waals surface area contributed by atoms with Crippen LogP contribution in [0.5, 0.6) is 5.75 Å². The van der Waals surface area contributed by atoms with Crippen LogP contribution >= 0.6 is 0 Å². The maximum Gasteiger partial charge on any atom is 0.166 e. The summed E-state index contributed by atoms with van der Waals surface area (Å²) in [6, 6.07) is 5.07. The van der Waals surface area contributed by atoms with Crippen molar-refractivity contribution < 1.29 is 9.90 Å². The van der Waals surface area contributed by atoms with E-state index in [4.69, 9.17) is 0 Å². The van der Waals surface area contributed by atoms with Gasteiger partial charge in [-0.25, -0.2) is 0 Å². The highest BCUT2D eigenvalue weighted by atomic mass is 16.3. The number of ketones is 1. The smallest absolute Gasteiger partial charge is 0.166 e. The molecule has 1 N–H and O–H groups in total. The Balaban J connectivity index is 2.25. The minimum absolute atomic E-state index is 0.0676. The van der Waals surface area contributed by atoms with Gasteiger partial charge in [0.15, 0.2) is 5.78 Å². The third-order valence-electron chi connectivity index (χ3n) is 2.85. The Morgan fingerprint density at radius 1 is 1.53 bits per heavy atom. The molecular formula is C13H14O2. The Morgan fingerprint density at radius 2 is 2.33 bits per heavy atom. The molecule has 1 unspecified atom stereocenters. The standard InChI is InChI=1S/C13H14O2/c1-2-3-4-10-7-9-5-6-11(14)8-12(9)13(10)15/h2-3,5-6,8,10,14H,4,7H2,1H3. The third-order valence-corrected chi connectivity index (χ3v) is 2.85. The highest BCUT2D eigenvalue weighted by Gasteiger charge is 2.29. The first-order valence-electron chi connectivity index (χ1n) is 5.19. The first kappa shape index (κ1) is 9.97. The van der Waals surface area contributed by atoms with Gasteiger partial charge in [-0.3, -0.25) is 4.79 Å². The molecular weight excluding hydrogens is 188 g/mol. The molecule has 1 aromatic carbocycles. The van der Waals surface area contributed by atoms with Gasteiger partial charge in [0, 0.05) is 11.5 Å². The highest BCUT2D eigenvalue weighted by Crippen LogP contribution is 2.31. The van der Waals surface area contributed by atoms with Crippen molar-refractivity contribution in [1.29, 1.82) is 0 Å². The van der Waals surface area contributed by atoms with Crippen molar-refractivity contribution in [2.24, 2.45) is 5.92 Å². The lowest BCUT2D eigenvalue weighted by Gasteiger charge is -2.01. The summed E-state index contributed by atoms with van der Waals surface area (Å²) in [6.07, 6.45) is 5.59. The van der Waals surface area contributed by atoms with Gasteiger partial charge in [-0.2, -0.15) is 0 Å². The fourth-order valence-electron chi connectivity index (χ4n) is 2.04. The van der Waals surface area contributed by atoms with E-state index in [9.17, 15) is 9.90 Å². The molecule has 1 aliphatic carbocycles. The highest BCUT2D eigenvalue weighted by molar-refractivity contribution is 6.02. The second-order valence-corrected chi connectivity index (χ2v) is 3.91. The van der Waals surface area contributed by atoms with Crippen molar-refractivity contribution in [1.82, 2.24) is 0 Å². The molecule has 0 amide bonds. The van der Waals surface area contributed by atoms with Gasteiger partial charge in [0.25, 0.3) is 0 Å². The Bertz CT molecular complexity index is 419. The first-order chi connectivity index (χ1) is 7.22. The van der Waals surface area contributed by atoms with E-state index in [1.165, 1.54) is 0 Å². The van der Waals surface area contributed by atoms with Gasteiger partial charge >= 0.3 is 0 Å². The lowest BCUT2D eigenvalue weighted by molar-refractivity contribution is 0.0937. The molecule has 0 saturated heterocycles. The maximum atomic E-state index is 11.9. The van der Waals surface area contributed by atoms with Crippen LogP contribution in [-0.2, 0) is 6.42 Å². The van der Waals surface area contributed by atoms with E-state index in [-0.39, 0.29) is 17.5 Å². The quantitative estimate of drug-likeness (QED) is 0.749. The molecule has 0 bridgehead atoms. The van der Waals surface area contributed by atoms with Crippen molar-refractivity contribution in [2.75, 3.05) is 0 Å². The SMILES string of the molecule is CC=CCC1Cc2ccc(O)cc2C1=O. The second kappa shape index (κ2) is 3.89. The number of carbonyl (C=O) groups excluding carboxylic acids is 1. The summed E-state index contributed by atoms with van der Waals surface area (Å²) in [6.45, 7) is 1.96. The number of hydrogen-bond donors (Lipinski definition) is 1. The van der Waals surface area contributed by atoms with E-state index >= 15 is 0 Å². The fraction of sp³-hybridized carbons (Fsp3) is 0.308. The van der Waals surface area contributed by atoms with E-state index in [0.717, 1.165) is 18.4 Å². The monoisotopic (exact) mass is 202 g/mol. The van der Waals surface area contributed by atoms with Crippen molar-refractivity contribution in [3.05, 3.63) is 41.5 Å². The van der Waals surface area contributed by atoms with Crippen molar-refractivity contribution >= 4 is 5.78 Å². The van der Waals surface area contributed by atoms with Crippen LogP contribution in [0.1, 0.15) is 29.3 Å². The third kappa shape index (κ3) is 1.80. The number of benzene rings is 1. The van der Waals surface area contributed by atoms with Crippen molar-refractivity contribution in [2.45, 2.75) is 19.8 Å². The van der Waals surface area contributed by atoms with Crippen molar-refractivity contribution in [3.8, 4) is 5.75 Å². The van der Waals surface area contributed by atoms with Crippen molar-refractivity contribution in [3.63, 3.8) is 0 Å². The fourth-order valence-corrected chi connectivity index (χ4v) is 2.04. The Morgan fingerprint density at radius 3 is 3.07 bits per heavy atom. The summed E-state index contributed by atoms with van der Waals surface area (Å²) >= 11 is 0. The second-order valence-electron chi connectivity index (χ2n) is 3.91. The summed E-state index contributed by atoms with van der Waals surface area (Å²) in [5, 5.41) is 9.31. The van der Waals surface area contributed by atoms with Gasteiger partial charge in [-0.15, -0.1) is 0 Å². The molecule has 2 heteroatoms. The van der Waals surface area contributed by atoms with Gasteiger partial charge < -0.3 is 5.11 Å². The number of fused-ring (bicyclic) bond motifs is 1. The van der Waals surface area contributed by atoms with Crippen LogP contribution in [0.3, 0.4) is 0 Å². The average Bonchev–Trinajstić information content (AvgIpc) is 2.53. The average molecular weight is 202 g/mol. The number of aromatic hydroxyl groups is 1. The van der Waals surface area contributed by atoms with E-state index in [1.807, 2.05) is 25.1 Å². The molecule has 1 atom stereocenters. The molecule has 0 fully saturated rings. The molecule has 0 saturated carbocycles. The summed E-state index contributed by atoms with van der Waals surface area (Å²) in [5.41, 5.74) is 1.76. The predicted octanol–water partition coefficient (Wildman–Crippen LogP) is 2.71. The van der Waals surface area contributed by atoms with Crippen LogP contribution in [0, 0.1) is 5.92 Å². The van der Waals surface area contributed by atoms with E-state index in [2.05, 4.69) is 0 Å². The first-order valence-corrected chi connectivity index (χ1v) is 5.19. The Labute approximate surface area is 89.2 Å². The molecule has 0 heterocycles. The Kier molecular flexibility index (Phi) is 2.58. The number of phenolic OH excluding ortho intramolecular Hbond substituents is 1. The van der Waals surface area contributed by atoms with Crippen LogP contribution in [-0.4, -0.2) is 10.9 Å². The van der Waals surface area contributed by atoms with Crippen LogP contribution in [0.15, 0.2) is 30.4 Å². The summed E-state index contributed by atoms with van der Waals surface area (Å²) < 4.78 is 0. The topological polar surface area (TPSA) is 37.3 Å². The van der Waals surface area contributed by atoms with Crippen LogP contribution in [0.2, 0.25) is 0 Å². The summed E-state index contributed by atoms with van der Waals surface area (Å²) in [7, 11) is 0. The van der Waals surface area contributed by atoms with Gasteiger partial charge in [0.05, 0.1) is 0 Å². The molecule has 0 aromatic heterocycles. The van der Waals surface area contributed by atoms with Crippen LogP contribution < -0.4 is 0 Å². The zero-order valence-corrected chi connectivity index (χ0v) is 8.73. The number of hydrogen-bond acceptors (Lipinski definition) is 2. The number of carbonyl (C=O) groups is 1. The minimum Gasteiger partial charge on any atom is -0.508 e. The van der Waals surface area contributed by atoms with Gasteiger partial charge in [-0.1, -0.05) is 18.2 Å². The largest absolute Gasteiger partial charge is 0.508 e. The normalized spacial score (nSPS) is 19.8. The Hall–Kier alpha value is -1.57. The van der Waals surface area contributed by atoms with E-state index in [1.54, 1.807) is 12.1 Å². The van der Waals surface area contributed by atoms with Crippen LogP contribution in [0.4, 0.5) is 0 Å². The van der Waals surface area contributed by atoms with Gasteiger partial charge in [-0.05, 0) is 37.5 Å². The molecule has 15 heavy (non-hydrogen) atoms. The molecule has 78 valence electrons. The van der Waals surface area contributed by atoms with Gasteiger partial charge in [0.1, 0.15) is 5.75 Å². The van der Waals surface area contributed by atoms with E-state index in [0.29, 0.717) is 5.56 Å². The number of allylic oxidation sites excluding steroid dienone is 2.